The van der Waals surface area contributed by atoms with Gasteiger partial charge in [-0.15, -0.1) is 0 Å². The molecule has 11 heteroatoms. The van der Waals surface area contributed by atoms with Gasteiger partial charge in [-0.1, -0.05) is 12.1 Å². The average molecular weight is 474 g/mol. The normalized spacial score (nSPS) is 24.6. The maximum absolute atomic E-state index is 12.1. The molecule has 5 N–H and O–H groups in total. The van der Waals surface area contributed by atoms with Gasteiger partial charge in [0.1, 0.15) is 42.4 Å². The highest BCUT2D eigenvalue weighted by atomic mass is 16.7. The van der Waals surface area contributed by atoms with E-state index in [0.717, 1.165) is 0 Å². The third-order valence-corrected chi connectivity index (χ3v) is 5.31. The second-order valence-corrected chi connectivity index (χ2v) is 7.77. The number of ether oxygens (including phenoxy) is 3. The van der Waals surface area contributed by atoms with Crippen LogP contribution in [0.15, 0.2) is 57.7 Å². The molecule has 2 heterocycles. The van der Waals surface area contributed by atoms with Crippen molar-refractivity contribution < 1.29 is 49.0 Å². The first-order chi connectivity index (χ1) is 16.2. The van der Waals surface area contributed by atoms with E-state index in [1.54, 1.807) is 12.1 Å². The lowest BCUT2D eigenvalue weighted by Crippen LogP contribution is -2.60. The zero-order chi connectivity index (χ0) is 24.4. The number of rotatable bonds is 6. The first-order valence-electron chi connectivity index (χ1n) is 10.3. The minimum absolute atomic E-state index is 0.0500. The molecule has 4 rings (SSSR count). The molecule has 0 saturated carbocycles. The SMILES string of the molecule is O=C(Cc1ccc(O)cc1)OC[C@H]1O[C@@H](Oc2cc3oc(=O)ccc3cc2O)[C@H](O)[C@@H](O)[C@@H]1O. The summed E-state index contributed by atoms with van der Waals surface area (Å²) in [7, 11) is 0. The zero-order valence-electron chi connectivity index (χ0n) is 17.6. The molecule has 3 aromatic rings. The first kappa shape index (κ1) is 23.5. The van der Waals surface area contributed by atoms with E-state index in [2.05, 4.69) is 0 Å². The van der Waals surface area contributed by atoms with Crippen molar-refractivity contribution in [3.05, 3.63) is 64.5 Å². The molecule has 0 spiro atoms. The zero-order valence-corrected chi connectivity index (χ0v) is 17.6. The molecule has 5 atom stereocenters. The van der Waals surface area contributed by atoms with Crippen LogP contribution in [0.4, 0.5) is 0 Å². The Hall–Kier alpha value is -3.64. The Morgan fingerprint density at radius 3 is 2.41 bits per heavy atom. The maximum atomic E-state index is 12.1. The molecular formula is C23H22O11. The van der Waals surface area contributed by atoms with Crippen LogP contribution in [0.25, 0.3) is 11.0 Å². The minimum atomic E-state index is -1.71. The number of aliphatic hydroxyl groups is 3. The van der Waals surface area contributed by atoms with E-state index in [0.29, 0.717) is 10.9 Å². The van der Waals surface area contributed by atoms with Gasteiger partial charge in [-0.05, 0) is 29.8 Å². The van der Waals surface area contributed by atoms with E-state index in [9.17, 15) is 35.1 Å². The first-order valence-corrected chi connectivity index (χ1v) is 10.3. The Balaban J connectivity index is 1.44. The summed E-state index contributed by atoms with van der Waals surface area (Å²) in [6.07, 6.45) is -7.94. The number of hydrogen-bond acceptors (Lipinski definition) is 11. The summed E-state index contributed by atoms with van der Waals surface area (Å²) in [5.41, 5.74) is 0.0692. The quantitative estimate of drug-likeness (QED) is 0.243. The second-order valence-electron chi connectivity index (χ2n) is 7.77. The molecule has 1 aliphatic rings. The van der Waals surface area contributed by atoms with Crippen LogP contribution in [0.2, 0.25) is 0 Å². The predicted octanol–water partition coefficient (Wildman–Crippen LogP) is 0.176. The monoisotopic (exact) mass is 474 g/mol. The average Bonchev–Trinajstić information content (AvgIpc) is 2.80. The van der Waals surface area contributed by atoms with E-state index >= 15 is 0 Å². The van der Waals surface area contributed by atoms with Crippen LogP contribution in [0, 0.1) is 0 Å². The summed E-state index contributed by atoms with van der Waals surface area (Å²) in [6, 6.07) is 11.0. The van der Waals surface area contributed by atoms with Crippen molar-refractivity contribution in [3.8, 4) is 17.2 Å². The number of phenolic OH excluding ortho intramolecular Hbond substituents is 2. The topological polar surface area (TPSA) is 176 Å². The lowest BCUT2D eigenvalue weighted by molar-refractivity contribution is -0.278. The number of fused-ring (bicyclic) bond motifs is 1. The van der Waals surface area contributed by atoms with Crippen molar-refractivity contribution in [3.63, 3.8) is 0 Å². The summed E-state index contributed by atoms with van der Waals surface area (Å²) in [5, 5.41) is 50.7. The van der Waals surface area contributed by atoms with Crippen LogP contribution in [-0.2, 0) is 20.7 Å². The molecule has 11 nitrogen and oxygen atoms in total. The van der Waals surface area contributed by atoms with Crippen LogP contribution in [-0.4, -0.2) is 68.8 Å². The van der Waals surface area contributed by atoms with Gasteiger partial charge in [0.05, 0.1) is 6.42 Å². The molecule has 0 aliphatic carbocycles. The van der Waals surface area contributed by atoms with Crippen LogP contribution in [0.1, 0.15) is 5.56 Å². The maximum Gasteiger partial charge on any atom is 0.336 e. The smallest absolute Gasteiger partial charge is 0.336 e. The molecular weight excluding hydrogens is 452 g/mol. The van der Waals surface area contributed by atoms with Gasteiger partial charge in [0.2, 0.25) is 6.29 Å². The highest BCUT2D eigenvalue weighted by molar-refractivity contribution is 5.80. The largest absolute Gasteiger partial charge is 0.508 e. The molecule has 1 aromatic heterocycles. The van der Waals surface area contributed by atoms with Gasteiger partial charge in [-0.25, -0.2) is 4.79 Å². The van der Waals surface area contributed by atoms with E-state index in [1.807, 2.05) is 0 Å². The summed E-state index contributed by atoms with van der Waals surface area (Å²) in [6.45, 7) is -0.458. The fourth-order valence-corrected chi connectivity index (χ4v) is 3.46. The Bertz CT molecular complexity index is 1220. The Morgan fingerprint density at radius 1 is 0.941 bits per heavy atom. The summed E-state index contributed by atoms with van der Waals surface area (Å²) < 4.78 is 21.2. The predicted molar refractivity (Wildman–Crippen MR) is 114 cm³/mol. The standard InChI is InChI=1S/C23H22O11/c24-13-4-1-11(2-5-13)7-19(27)31-10-17-20(28)21(29)22(30)23(34-17)33-16-9-15-12(8-14(16)25)3-6-18(26)32-15/h1-6,8-9,17,20-25,28-30H,7,10H2/t17-,20-,21+,22-,23-/m1/s1. The molecule has 0 unspecified atom stereocenters. The lowest BCUT2D eigenvalue weighted by atomic mass is 9.99. The van der Waals surface area contributed by atoms with E-state index in [4.69, 9.17) is 18.6 Å². The molecule has 0 bridgehead atoms. The van der Waals surface area contributed by atoms with E-state index in [-0.39, 0.29) is 29.3 Å². The number of hydrogen-bond donors (Lipinski definition) is 5. The molecule has 180 valence electrons. The molecule has 1 aliphatic heterocycles. The van der Waals surface area contributed by atoms with Crippen LogP contribution < -0.4 is 10.4 Å². The summed E-state index contributed by atoms with van der Waals surface area (Å²) >= 11 is 0. The van der Waals surface area contributed by atoms with Crippen molar-refractivity contribution in [2.45, 2.75) is 37.1 Å². The molecule has 34 heavy (non-hydrogen) atoms. The van der Waals surface area contributed by atoms with Gasteiger partial charge in [0, 0.05) is 17.5 Å². The number of carbonyl (C=O) groups is 1. The van der Waals surface area contributed by atoms with Gasteiger partial charge in [-0.2, -0.15) is 0 Å². The number of phenols is 2. The Kier molecular flexibility index (Phi) is 6.70. The number of benzene rings is 2. The summed E-state index contributed by atoms with van der Waals surface area (Å²) in [5.74, 6) is -1.16. The van der Waals surface area contributed by atoms with Gasteiger partial charge < -0.3 is 44.2 Å². The highest BCUT2D eigenvalue weighted by Gasteiger charge is 2.45. The fourth-order valence-electron chi connectivity index (χ4n) is 3.46. The molecule has 1 saturated heterocycles. The van der Waals surface area contributed by atoms with Crippen molar-refractivity contribution in [1.82, 2.24) is 0 Å². The minimum Gasteiger partial charge on any atom is -0.508 e. The fraction of sp³-hybridized carbons (Fsp3) is 0.304. The van der Waals surface area contributed by atoms with Crippen LogP contribution in [0.3, 0.4) is 0 Å². The van der Waals surface area contributed by atoms with Gasteiger partial charge >= 0.3 is 11.6 Å². The number of esters is 1. The van der Waals surface area contributed by atoms with Crippen molar-refractivity contribution in [2.24, 2.45) is 0 Å². The van der Waals surface area contributed by atoms with Crippen molar-refractivity contribution >= 4 is 16.9 Å². The van der Waals surface area contributed by atoms with E-state index < -0.39 is 48.9 Å². The van der Waals surface area contributed by atoms with Crippen LogP contribution in [0.5, 0.6) is 17.2 Å². The van der Waals surface area contributed by atoms with Gasteiger partial charge in [0.15, 0.2) is 11.5 Å². The third-order valence-electron chi connectivity index (χ3n) is 5.31. The molecule has 0 amide bonds. The number of aromatic hydroxyl groups is 2. The van der Waals surface area contributed by atoms with Gasteiger partial charge in [0.25, 0.3) is 0 Å². The third kappa shape index (κ3) is 5.13. The highest BCUT2D eigenvalue weighted by Crippen LogP contribution is 2.34. The Morgan fingerprint density at radius 2 is 1.68 bits per heavy atom. The van der Waals surface area contributed by atoms with Crippen LogP contribution >= 0.6 is 0 Å². The van der Waals surface area contributed by atoms with Crippen molar-refractivity contribution in [2.75, 3.05) is 6.61 Å². The number of carbonyl (C=O) groups excluding carboxylic acids is 1. The lowest BCUT2D eigenvalue weighted by Gasteiger charge is -2.39. The van der Waals surface area contributed by atoms with Crippen molar-refractivity contribution in [1.29, 1.82) is 0 Å². The van der Waals surface area contributed by atoms with E-state index in [1.165, 1.54) is 36.4 Å². The molecule has 1 fully saturated rings. The molecule has 2 aromatic carbocycles. The number of aliphatic hydroxyl groups excluding tert-OH is 3. The summed E-state index contributed by atoms with van der Waals surface area (Å²) in [4.78, 5) is 23.6. The van der Waals surface area contributed by atoms with Gasteiger partial charge in [-0.3, -0.25) is 4.79 Å². The second kappa shape index (κ2) is 9.69. The Labute approximate surface area is 192 Å². The molecule has 0 radical (unpaired) electrons.